The van der Waals surface area contributed by atoms with Crippen molar-refractivity contribution in [2.24, 2.45) is 4.99 Å². The number of benzene rings is 1. The number of ketones is 1. The van der Waals surface area contributed by atoms with Crippen molar-refractivity contribution in [1.82, 2.24) is 0 Å². The molecule has 0 spiro atoms. The van der Waals surface area contributed by atoms with Crippen molar-refractivity contribution >= 4 is 11.5 Å². The molecule has 1 aromatic carbocycles. The van der Waals surface area contributed by atoms with Crippen molar-refractivity contribution in [3.63, 3.8) is 0 Å². The van der Waals surface area contributed by atoms with Crippen LogP contribution < -0.4 is 0 Å². The normalized spacial score (nSPS) is 12.7. The minimum Gasteiger partial charge on any atom is -0.295 e. The SMILES string of the molecule is CCC(=O)/C(C)=C/C(=N\C)c1ccccc1. The number of hydrogen-bond donors (Lipinski definition) is 0. The van der Waals surface area contributed by atoms with Gasteiger partial charge in [0, 0.05) is 13.5 Å². The maximum Gasteiger partial charge on any atom is 0.158 e. The summed E-state index contributed by atoms with van der Waals surface area (Å²) in [4.78, 5) is 15.7. The van der Waals surface area contributed by atoms with Crippen molar-refractivity contribution in [2.75, 3.05) is 7.05 Å². The average Bonchev–Trinajstić information content (AvgIpc) is 2.35. The molecule has 0 aliphatic rings. The van der Waals surface area contributed by atoms with E-state index < -0.39 is 0 Å². The van der Waals surface area contributed by atoms with Crippen LogP contribution in [0.1, 0.15) is 25.8 Å². The van der Waals surface area contributed by atoms with Gasteiger partial charge in [0.15, 0.2) is 5.78 Å². The quantitative estimate of drug-likeness (QED) is 0.560. The van der Waals surface area contributed by atoms with Crippen LogP contribution in [0.25, 0.3) is 0 Å². The van der Waals surface area contributed by atoms with E-state index in [4.69, 9.17) is 0 Å². The molecule has 0 amide bonds. The fourth-order valence-electron chi connectivity index (χ4n) is 1.45. The Morgan fingerprint density at radius 2 is 1.94 bits per heavy atom. The Labute approximate surface area is 96.7 Å². The van der Waals surface area contributed by atoms with Crippen molar-refractivity contribution in [1.29, 1.82) is 0 Å². The third-order valence-corrected chi connectivity index (χ3v) is 2.42. The molecule has 2 heteroatoms. The molecule has 0 fully saturated rings. The Balaban J connectivity index is 2.99. The Hall–Kier alpha value is -1.70. The van der Waals surface area contributed by atoms with Gasteiger partial charge in [-0.25, -0.2) is 0 Å². The summed E-state index contributed by atoms with van der Waals surface area (Å²) < 4.78 is 0. The fraction of sp³-hybridized carbons (Fsp3) is 0.286. The standard InChI is InChI=1S/C14H17NO/c1-4-14(16)11(2)10-13(15-3)12-8-6-5-7-9-12/h5-10H,4H2,1-3H3/b11-10+,15-13+. The molecule has 0 heterocycles. The number of allylic oxidation sites excluding steroid dienone is 2. The van der Waals surface area contributed by atoms with E-state index >= 15 is 0 Å². The lowest BCUT2D eigenvalue weighted by Gasteiger charge is -2.02. The molecule has 0 aliphatic carbocycles. The molecular weight excluding hydrogens is 198 g/mol. The zero-order valence-corrected chi connectivity index (χ0v) is 10.0. The minimum absolute atomic E-state index is 0.164. The van der Waals surface area contributed by atoms with Gasteiger partial charge in [-0.15, -0.1) is 0 Å². The summed E-state index contributed by atoms with van der Waals surface area (Å²) in [5, 5.41) is 0. The first-order valence-corrected chi connectivity index (χ1v) is 5.42. The van der Waals surface area contributed by atoms with Crippen LogP contribution in [0.4, 0.5) is 0 Å². The Bertz CT molecular complexity index is 416. The van der Waals surface area contributed by atoms with Crippen LogP contribution in [0.5, 0.6) is 0 Å². The average molecular weight is 215 g/mol. The van der Waals surface area contributed by atoms with Crippen molar-refractivity contribution in [3.8, 4) is 0 Å². The predicted octanol–water partition coefficient (Wildman–Crippen LogP) is 3.03. The Morgan fingerprint density at radius 3 is 2.44 bits per heavy atom. The van der Waals surface area contributed by atoms with Crippen molar-refractivity contribution < 1.29 is 4.79 Å². The molecule has 1 aromatic rings. The molecule has 16 heavy (non-hydrogen) atoms. The van der Waals surface area contributed by atoms with E-state index in [0.717, 1.165) is 16.8 Å². The summed E-state index contributed by atoms with van der Waals surface area (Å²) in [7, 11) is 1.74. The fourth-order valence-corrected chi connectivity index (χ4v) is 1.45. The summed E-state index contributed by atoms with van der Waals surface area (Å²) in [6.07, 6.45) is 2.38. The summed E-state index contributed by atoms with van der Waals surface area (Å²) in [6, 6.07) is 9.87. The second kappa shape index (κ2) is 6.01. The van der Waals surface area contributed by atoms with Gasteiger partial charge in [-0.3, -0.25) is 9.79 Å². The zero-order valence-electron chi connectivity index (χ0n) is 10.0. The maximum absolute atomic E-state index is 11.5. The molecular formula is C14H17NO. The van der Waals surface area contributed by atoms with Gasteiger partial charge in [-0.2, -0.15) is 0 Å². The third-order valence-electron chi connectivity index (χ3n) is 2.42. The van der Waals surface area contributed by atoms with Gasteiger partial charge in [0.05, 0.1) is 5.71 Å². The van der Waals surface area contributed by atoms with Crippen LogP contribution >= 0.6 is 0 Å². The van der Waals surface area contributed by atoms with Crippen LogP contribution in [-0.4, -0.2) is 18.5 Å². The summed E-state index contributed by atoms with van der Waals surface area (Å²) >= 11 is 0. The van der Waals surface area contributed by atoms with E-state index in [2.05, 4.69) is 4.99 Å². The molecule has 0 bridgehead atoms. The molecule has 84 valence electrons. The first-order valence-electron chi connectivity index (χ1n) is 5.42. The highest BCUT2D eigenvalue weighted by molar-refractivity contribution is 6.12. The van der Waals surface area contributed by atoms with Gasteiger partial charge in [0.1, 0.15) is 0 Å². The third kappa shape index (κ3) is 3.16. The molecule has 2 nitrogen and oxygen atoms in total. The second-order valence-corrected chi connectivity index (χ2v) is 3.58. The first kappa shape index (κ1) is 12.4. The summed E-state index contributed by atoms with van der Waals surface area (Å²) in [6.45, 7) is 3.70. The molecule has 1 rings (SSSR count). The van der Waals surface area contributed by atoms with E-state index in [0.29, 0.717) is 6.42 Å². The van der Waals surface area contributed by atoms with E-state index in [9.17, 15) is 4.79 Å². The first-order chi connectivity index (χ1) is 7.69. The van der Waals surface area contributed by atoms with E-state index in [1.165, 1.54) is 0 Å². The van der Waals surface area contributed by atoms with E-state index in [1.807, 2.05) is 50.3 Å². The molecule has 0 saturated carbocycles. The monoisotopic (exact) mass is 215 g/mol. The molecule has 0 aromatic heterocycles. The molecule has 0 atom stereocenters. The van der Waals surface area contributed by atoms with Gasteiger partial charge in [-0.1, -0.05) is 37.3 Å². The topological polar surface area (TPSA) is 29.4 Å². The largest absolute Gasteiger partial charge is 0.295 e. The number of nitrogens with zero attached hydrogens (tertiary/aromatic N) is 1. The van der Waals surface area contributed by atoms with E-state index in [-0.39, 0.29) is 5.78 Å². The van der Waals surface area contributed by atoms with Gasteiger partial charge in [0.2, 0.25) is 0 Å². The van der Waals surface area contributed by atoms with Gasteiger partial charge in [-0.05, 0) is 24.1 Å². The van der Waals surface area contributed by atoms with Gasteiger partial charge < -0.3 is 0 Å². The van der Waals surface area contributed by atoms with Crippen LogP contribution in [0.15, 0.2) is 47.0 Å². The smallest absolute Gasteiger partial charge is 0.158 e. The lowest BCUT2D eigenvalue weighted by atomic mass is 10.0. The number of rotatable bonds is 4. The molecule has 0 radical (unpaired) electrons. The highest BCUT2D eigenvalue weighted by Gasteiger charge is 2.04. The highest BCUT2D eigenvalue weighted by Crippen LogP contribution is 2.06. The molecule has 0 saturated heterocycles. The minimum atomic E-state index is 0.164. The second-order valence-electron chi connectivity index (χ2n) is 3.58. The predicted molar refractivity (Wildman–Crippen MR) is 68.0 cm³/mol. The zero-order chi connectivity index (χ0) is 12.0. The number of carbonyl (C=O) groups is 1. The number of aliphatic imine (C=N–C) groups is 1. The number of hydrogen-bond acceptors (Lipinski definition) is 2. The van der Waals surface area contributed by atoms with Crippen LogP contribution in [0, 0.1) is 0 Å². The highest BCUT2D eigenvalue weighted by atomic mass is 16.1. The molecule has 0 N–H and O–H groups in total. The maximum atomic E-state index is 11.5. The van der Waals surface area contributed by atoms with Crippen molar-refractivity contribution in [2.45, 2.75) is 20.3 Å². The number of Topliss-reactive ketones (excluding diaryl/α,β-unsaturated/α-hetero) is 1. The van der Waals surface area contributed by atoms with E-state index in [1.54, 1.807) is 7.05 Å². The van der Waals surface area contributed by atoms with Crippen LogP contribution in [-0.2, 0) is 4.79 Å². The summed E-state index contributed by atoms with van der Waals surface area (Å²) in [5.74, 6) is 0.164. The Morgan fingerprint density at radius 1 is 1.31 bits per heavy atom. The van der Waals surface area contributed by atoms with Gasteiger partial charge >= 0.3 is 0 Å². The van der Waals surface area contributed by atoms with Crippen LogP contribution in [0.2, 0.25) is 0 Å². The summed E-state index contributed by atoms with van der Waals surface area (Å²) in [5.41, 5.74) is 2.64. The molecule has 0 aliphatic heterocycles. The molecule has 0 unspecified atom stereocenters. The van der Waals surface area contributed by atoms with Gasteiger partial charge in [0.25, 0.3) is 0 Å². The van der Waals surface area contributed by atoms with Crippen molar-refractivity contribution in [3.05, 3.63) is 47.5 Å². The Kier molecular flexibility index (Phi) is 4.65. The van der Waals surface area contributed by atoms with Crippen LogP contribution in [0.3, 0.4) is 0 Å². The lowest BCUT2D eigenvalue weighted by Crippen LogP contribution is -2.03. The lowest BCUT2D eigenvalue weighted by molar-refractivity contribution is -0.115. The number of carbonyl (C=O) groups excluding carboxylic acids is 1.